The Kier molecular flexibility index (Phi) is 2.98. The number of carbonyl (C=O) groups is 1. The largest absolute Gasteiger partial charge is 0.478 e. The van der Waals surface area contributed by atoms with Gasteiger partial charge in [-0.2, -0.15) is 0 Å². The molecule has 0 fully saturated rings. The van der Waals surface area contributed by atoms with Gasteiger partial charge >= 0.3 is 5.97 Å². The van der Waals surface area contributed by atoms with Crippen molar-refractivity contribution in [1.29, 1.82) is 0 Å². The zero-order chi connectivity index (χ0) is 14.4. The number of aromatic carboxylic acids is 1. The van der Waals surface area contributed by atoms with Crippen molar-refractivity contribution in [3.63, 3.8) is 0 Å². The van der Waals surface area contributed by atoms with Crippen molar-refractivity contribution >= 4 is 16.9 Å². The fourth-order valence-corrected chi connectivity index (χ4v) is 3.05. The smallest absolute Gasteiger partial charge is 0.336 e. The van der Waals surface area contributed by atoms with Crippen LogP contribution in [0.3, 0.4) is 0 Å². The second kappa shape index (κ2) is 4.56. The number of hydrogen-bond acceptors (Lipinski definition) is 3. The molecule has 0 radical (unpaired) electrons. The van der Waals surface area contributed by atoms with Gasteiger partial charge < -0.3 is 9.84 Å². The van der Waals surface area contributed by atoms with E-state index in [2.05, 4.69) is 0 Å². The predicted molar refractivity (Wildman–Crippen MR) is 76.1 cm³/mol. The predicted octanol–water partition coefficient (Wildman–Crippen LogP) is 3.26. The third kappa shape index (κ3) is 1.88. The van der Waals surface area contributed by atoms with Crippen LogP contribution in [0.5, 0.6) is 0 Å². The summed E-state index contributed by atoms with van der Waals surface area (Å²) in [5.41, 5.74) is 3.71. The molecule has 2 heterocycles. The average Bonchev–Trinajstić information content (AvgIpc) is 2.37. The first-order valence-corrected chi connectivity index (χ1v) is 6.80. The fourth-order valence-electron chi connectivity index (χ4n) is 3.05. The number of rotatable bonds is 1. The summed E-state index contributed by atoms with van der Waals surface area (Å²) in [4.78, 5) is 16.5. The first-order chi connectivity index (χ1) is 9.49. The van der Waals surface area contributed by atoms with Gasteiger partial charge in [0.25, 0.3) is 0 Å². The summed E-state index contributed by atoms with van der Waals surface area (Å²) in [6, 6.07) is 5.65. The molecule has 0 saturated carbocycles. The van der Waals surface area contributed by atoms with Crippen LogP contribution in [-0.2, 0) is 11.2 Å². The molecule has 2 aromatic rings. The third-order valence-corrected chi connectivity index (χ3v) is 3.87. The minimum Gasteiger partial charge on any atom is -0.478 e. The maximum atomic E-state index is 11.7. The maximum absolute atomic E-state index is 11.7. The number of hydrogen-bond donors (Lipinski definition) is 1. The number of para-hydroxylation sites is 1. The van der Waals surface area contributed by atoms with E-state index >= 15 is 0 Å². The molecule has 4 heteroatoms. The van der Waals surface area contributed by atoms with Crippen LogP contribution in [0.1, 0.15) is 47.1 Å². The van der Waals surface area contributed by atoms with Gasteiger partial charge in [-0.1, -0.05) is 18.2 Å². The molecular weight excluding hydrogens is 254 g/mol. The molecule has 0 amide bonds. The lowest BCUT2D eigenvalue weighted by molar-refractivity contribution is -0.00661. The molecule has 20 heavy (non-hydrogen) atoms. The minimum atomic E-state index is -0.913. The van der Waals surface area contributed by atoms with E-state index in [9.17, 15) is 9.90 Å². The van der Waals surface area contributed by atoms with Gasteiger partial charge in [-0.25, -0.2) is 4.79 Å². The Hall–Kier alpha value is -1.94. The Labute approximate surface area is 117 Å². The number of ether oxygens (including phenoxy) is 1. The van der Waals surface area contributed by atoms with Crippen molar-refractivity contribution in [1.82, 2.24) is 4.98 Å². The molecular formula is C16H17NO3. The number of carboxylic acid groups (broad SMARTS) is 1. The van der Waals surface area contributed by atoms with E-state index in [-0.39, 0.29) is 12.2 Å². The number of aromatic nitrogens is 1. The van der Waals surface area contributed by atoms with Gasteiger partial charge in [0.1, 0.15) is 0 Å². The van der Waals surface area contributed by atoms with Crippen LogP contribution < -0.4 is 0 Å². The van der Waals surface area contributed by atoms with E-state index in [0.29, 0.717) is 17.4 Å². The van der Waals surface area contributed by atoms with Crippen LogP contribution in [0.25, 0.3) is 10.9 Å². The van der Waals surface area contributed by atoms with Gasteiger partial charge in [-0.15, -0.1) is 0 Å². The summed E-state index contributed by atoms with van der Waals surface area (Å²) in [7, 11) is 0. The molecule has 0 saturated heterocycles. The van der Waals surface area contributed by atoms with Crippen molar-refractivity contribution in [3.05, 3.63) is 40.6 Å². The summed E-state index contributed by atoms with van der Waals surface area (Å²) in [6.07, 6.45) is 0.481. The molecule has 0 bridgehead atoms. The molecule has 104 valence electrons. The lowest BCUT2D eigenvalue weighted by atomic mass is 9.91. The molecule has 1 aromatic heterocycles. The molecule has 0 aliphatic carbocycles. The molecule has 4 nitrogen and oxygen atoms in total. The zero-order valence-corrected chi connectivity index (χ0v) is 11.8. The van der Waals surface area contributed by atoms with E-state index in [1.165, 1.54) is 0 Å². The topological polar surface area (TPSA) is 59.4 Å². The highest BCUT2D eigenvalue weighted by Gasteiger charge is 2.30. The Morgan fingerprint density at radius 3 is 2.85 bits per heavy atom. The lowest BCUT2D eigenvalue weighted by Crippen LogP contribution is -2.26. The van der Waals surface area contributed by atoms with E-state index in [1.807, 2.05) is 39.0 Å². The zero-order valence-electron chi connectivity index (χ0n) is 11.8. The molecule has 0 spiro atoms. The van der Waals surface area contributed by atoms with Crippen molar-refractivity contribution in [2.75, 3.05) is 0 Å². The lowest BCUT2D eigenvalue weighted by Gasteiger charge is -2.29. The first kappa shape index (κ1) is 13.1. The SMILES string of the molecule is Cc1cccc2c(C(=O)O)c3c(nc12)CC(C)OC3C. The number of nitrogens with zero attached hydrogens (tertiary/aromatic N) is 1. The van der Waals surface area contributed by atoms with Crippen molar-refractivity contribution in [2.24, 2.45) is 0 Å². The number of fused-ring (bicyclic) bond motifs is 2. The Morgan fingerprint density at radius 2 is 2.15 bits per heavy atom. The Balaban J connectivity index is 2.43. The second-order valence-corrected chi connectivity index (χ2v) is 5.42. The first-order valence-electron chi connectivity index (χ1n) is 6.80. The molecule has 3 rings (SSSR count). The van der Waals surface area contributed by atoms with Gasteiger partial charge in [0.2, 0.25) is 0 Å². The van der Waals surface area contributed by atoms with Crippen LogP contribution >= 0.6 is 0 Å². The van der Waals surface area contributed by atoms with Crippen molar-refractivity contribution < 1.29 is 14.6 Å². The Bertz CT molecular complexity index is 708. The molecule has 2 unspecified atom stereocenters. The minimum absolute atomic E-state index is 0.0631. The quantitative estimate of drug-likeness (QED) is 0.864. The van der Waals surface area contributed by atoms with E-state index < -0.39 is 5.97 Å². The normalized spacial score (nSPS) is 21.8. The van der Waals surface area contributed by atoms with Gasteiger partial charge in [0.15, 0.2) is 0 Å². The van der Waals surface area contributed by atoms with Gasteiger partial charge in [0, 0.05) is 17.4 Å². The number of carboxylic acids is 1. The highest BCUT2D eigenvalue weighted by Crippen LogP contribution is 2.35. The average molecular weight is 271 g/mol. The summed E-state index contributed by atoms with van der Waals surface area (Å²) >= 11 is 0. The van der Waals surface area contributed by atoms with Gasteiger partial charge in [-0.3, -0.25) is 4.98 Å². The van der Waals surface area contributed by atoms with Crippen molar-refractivity contribution in [3.8, 4) is 0 Å². The highest BCUT2D eigenvalue weighted by molar-refractivity contribution is 6.05. The molecule has 2 atom stereocenters. The number of pyridine rings is 1. The second-order valence-electron chi connectivity index (χ2n) is 5.42. The standard InChI is InChI=1S/C16H17NO3/c1-8-5-4-6-11-14(16(18)19)13-10(3)20-9(2)7-12(13)17-15(8)11/h4-6,9-10H,7H2,1-3H3,(H,18,19). The summed E-state index contributed by atoms with van der Waals surface area (Å²) < 4.78 is 5.78. The van der Waals surface area contributed by atoms with Gasteiger partial charge in [-0.05, 0) is 26.3 Å². The molecule has 1 aromatic carbocycles. The summed E-state index contributed by atoms with van der Waals surface area (Å²) in [5.74, 6) is -0.913. The molecule has 1 aliphatic heterocycles. The van der Waals surface area contributed by atoms with Crippen LogP contribution in [0.2, 0.25) is 0 Å². The van der Waals surface area contributed by atoms with Crippen molar-refractivity contribution in [2.45, 2.75) is 39.4 Å². The van der Waals surface area contributed by atoms with Gasteiger partial charge in [0.05, 0.1) is 29.0 Å². The third-order valence-electron chi connectivity index (χ3n) is 3.87. The van der Waals surface area contributed by atoms with Crippen LogP contribution in [0, 0.1) is 6.92 Å². The monoisotopic (exact) mass is 271 g/mol. The fraction of sp³-hybridized carbons (Fsp3) is 0.375. The number of aryl methyl sites for hydroxylation is 1. The molecule has 1 aliphatic rings. The summed E-state index contributed by atoms with van der Waals surface area (Å²) in [5, 5.41) is 10.3. The highest BCUT2D eigenvalue weighted by atomic mass is 16.5. The van der Waals surface area contributed by atoms with E-state index in [4.69, 9.17) is 9.72 Å². The van der Waals surface area contributed by atoms with Crippen LogP contribution in [0.15, 0.2) is 18.2 Å². The molecule has 1 N–H and O–H groups in total. The van der Waals surface area contributed by atoms with E-state index in [0.717, 1.165) is 22.3 Å². The Morgan fingerprint density at radius 1 is 1.40 bits per heavy atom. The number of benzene rings is 1. The van der Waals surface area contributed by atoms with Crippen LogP contribution in [-0.4, -0.2) is 22.2 Å². The maximum Gasteiger partial charge on any atom is 0.336 e. The van der Waals surface area contributed by atoms with E-state index in [1.54, 1.807) is 0 Å². The van der Waals surface area contributed by atoms with Crippen LogP contribution in [0.4, 0.5) is 0 Å². The summed E-state index contributed by atoms with van der Waals surface area (Å²) in [6.45, 7) is 5.84.